The van der Waals surface area contributed by atoms with E-state index in [0.717, 1.165) is 22.3 Å². The zero-order chi connectivity index (χ0) is 12.4. The van der Waals surface area contributed by atoms with Crippen molar-refractivity contribution in [1.29, 1.82) is 0 Å². The minimum Gasteiger partial charge on any atom is -0.355 e. The van der Waals surface area contributed by atoms with Gasteiger partial charge in [0.2, 0.25) is 0 Å². The van der Waals surface area contributed by atoms with Crippen LogP contribution in [0.2, 0.25) is 0 Å². The number of aromatic nitrogens is 1. The van der Waals surface area contributed by atoms with Crippen LogP contribution in [0.4, 0.5) is 15.8 Å². The fraction of sp³-hybridized carbons (Fsp3) is 0. The Hall–Kier alpha value is -2.42. The molecule has 0 aliphatic carbocycles. The van der Waals surface area contributed by atoms with Crippen molar-refractivity contribution in [3.63, 3.8) is 0 Å². The number of fused-ring (bicyclic) bond motifs is 1. The number of para-hydroxylation sites is 1. The van der Waals surface area contributed by atoms with Crippen LogP contribution in [-0.2, 0) is 0 Å². The van der Waals surface area contributed by atoms with E-state index in [1.165, 1.54) is 12.1 Å². The average Bonchev–Trinajstić information content (AvgIpc) is 2.41. The summed E-state index contributed by atoms with van der Waals surface area (Å²) in [5, 5.41) is 4.05. The zero-order valence-electron chi connectivity index (χ0n) is 9.60. The minimum absolute atomic E-state index is 0.258. The van der Waals surface area contributed by atoms with E-state index in [2.05, 4.69) is 10.3 Å². The SMILES string of the molecule is Fc1ccc2nccc(Nc3ccccc3)c2c1. The lowest BCUT2D eigenvalue weighted by atomic mass is 10.1. The number of anilines is 2. The number of hydrogen-bond donors (Lipinski definition) is 1. The van der Waals surface area contributed by atoms with Gasteiger partial charge in [-0.2, -0.15) is 0 Å². The van der Waals surface area contributed by atoms with E-state index < -0.39 is 0 Å². The van der Waals surface area contributed by atoms with Crippen molar-refractivity contribution in [2.24, 2.45) is 0 Å². The molecule has 0 saturated heterocycles. The molecule has 0 amide bonds. The number of nitrogens with zero attached hydrogens (tertiary/aromatic N) is 1. The Bertz CT molecular complexity index is 680. The monoisotopic (exact) mass is 238 g/mol. The summed E-state index contributed by atoms with van der Waals surface area (Å²) >= 11 is 0. The van der Waals surface area contributed by atoms with Gasteiger partial charge in [-0.05, 0) is 36.4 Å². The number of halogens is 1. The predicted molar refractivity (Wildman–Crippen MR) is 71.4 cm³/mol. The molecule has 3 aromatic rings. The first-order valence-electron chi connectivity index (χ1n) is 5.69. The van der Waals surface area contributed by atoms with E-state index in [-0.39, 0.29) is 5.82 Å². The third kappa shape index (κ3) is 2.02. The van der Waals surface area contributed by atoms with Gasteiger partial charge >= 0.3 is 0 Å². The quantitative estimate of drug-likeness (QED) is 0.726. The number of pyridine rings is 1. The molecule has 0 aliphatic rings. The predicted octanol–water partition coefficient (Wildman–Crippen LogP) is 4.12. The van der Waals surface area contributed by atoms with Crippen molar-refractivity contribution in [3.05, 3.63) is 66.6 Å². The van der Waals surface area contributed by atoms with Gasteiger partial charge < -0.3 is 5.32 Å². The first-order chi connectivity index (χ1) is 8.83. The lowest BCUT2D eigenvalue weighted by molar-refractivity contribution is 0.629. The summed E-state index contributed by atoms with van der Waals surface area (Å²) in [6, 6.07) is 16.2. The summed E-state index contributed by atoms with van der Waals surface area (Å²) in [6.07, 6.45) is 1.71. The van der Waals surface area contributed by atoms with Crippen LogP contribution in [0.25, 0.3) is 10.9 Å². The fourth-order valence-electron chi connectivity index (χ4n) is 1.90. The van der Waals surface area contributed by atoms with Crippen LogP contribution in [-0.4, -0.2) is 4.98 Å². The third-order valence-corrected chi connectivity index (χ3v) is 2.76. The van der Waals surface area contributed by atoms with Gasteiger partial charge in [-0.15, -0.1) is 0 Å². The number of benzene rings is 2. The minimum atomic E-state index is -0.258. The lowest BCUT2D eigenvalue weighted by Gasteiger charge is -2.09. The fourth-order valence-corrected chi connectivity index (χ4v) is 1.90. The molecule has 2 nitrogen and oxygen atoms in total. The second-order valence-electron chi connectivity index (χ2n) is 4.01. The molecule has 2 aromatic carbocycles. The molecule has 3 rings (SSSR count). The second-order valence-corrected chi connectivity index (χ2v) is 4.01. The van der Waals surface area contributed by atoms with E-state index in [1.807, 2.05) is 36.4 Å². The van der Waals surface area contributed by atoms with Crippen molar-refractivity contribution >= 4 is 22.3 Å². The van der Waals surface area contributed by atoms with Crippen molar-refractivity contribution in [2.75, 3.05) is 5.32 Å². The molecule has 0 aliphatic heterocycles. The molecule has 0 bridgehead atoms. The Balaban J connectivity index is 2.09. The Kier molecular flexibility index (Phi) is 2.65. The lowest BCUT2D eigenvalue weighted by Crippen LogP contribution is -1.92. The molecular weight excluding hydrogens is 227 g/mol. The summed E-state index contributed by atoms with van der Waals surface area (Å²) in [5.41, 5.74) is 2.59. The smallest absolute Gasteiger partial charge is 0.124 e. The zero-order valence-corrected chi connectivity index (χ0v) is 9.60. The van der Waals surface area contributed by atoms with Crippen molar-refractivity contribution < 1.29 is 4.39 Å². The highest BCUT2D eigenvalue weighted by Gasteiger charge is 2.03. The van der Waals surface area contributed by atoms with Gasteiger partial charge in [0.05, 0.1) is 5.52 Å². The first kappa shape index (κ1) is 10.7. The second kappa shape index (κ2) is 4.45. The maximum absolute atomic E-state index is 13.3. The molecule has 1 N–H and O–H groups in total. The Morgan fingerprint density at radius 3 is 2.61 bits per heavy atom. The highest BCUT2D eigenvalue weighted by Crippen LogP contribution is 2.25. The Labute approximate surface area is 104 Å². The summed E-state index contributed by atoms with van der Waals surface area (Å²) in [5.74, 6) is -0.258. The number of rotatable bonds is 2. The first-order valence-corrected chi connectivity index (χ1v) is 5.69. The maximum Gasteiger partial charge on any atom is 0.124 e. The van der Waals surface area contributed by atoms with Crippen LogP contribution in [0.5, 0.6) is 0 Å². The summed E-state index contributed by atoms with van der Waals surface area (Å²) in [7, 11) is 0. The molecule has 3 heteroatoms. The maximum atomic E-state index is 13.3. The van der Waals surface area contributed by atoms with Crippen molar-refractivity contribution in [3.8, 4) is 0 Å². The van der Waals surface area contributed by atoms with Gasteiger partial charge in [-0.3, -0.25) is 4.98 Å². The standard InChI is InChI=1S/C15H11FN2/c16-11-6-7-14-13(10-11)15(8-9-17-14)18-12-4-2-1-3-5-12/h1-10H,(H,17,18). The number of hydrogen-bond acceptors (Lipinski definition) is 2. The molecular formula is C15H11FN2. The van der Waals surface area contributed by atoms with Crippen LogP contribution in [0.15, 0.2) is 60.8 Å². The van der Waals surface area contributed by atoms with E-state index in [4.69, 9.17) is 0 Å². The summed E-state index contributed by atoms with van der Waals surface area (Å²) in [6.45, 7) is 0. The normalized spacial score (nSPS) is 10.5. The molecule has 0 unspecified atom stereocenters. The van der Waals surface area contributed by atoms with Gasteiger partial charge in [-0.25, -0.2) is 4.39 Å². The van der Waals surface area contributed by atoms with Gasteiger partial charge in [0, 0.05) is 23.0 Å². The molecule has 1 heterocycles. The molecule has 0 radical (unpaired) electrons. The van der Waals surface area contributed by atoms with Crippen LogP contribution in [0, 0.1) is 5.82 Å². The molecule has 1 aromatic heterocycles. The van der Waals surface area contributed by atoms with Crippen molar-refractivity contribution in [1.82, 2.24) is 4.98 Å². The van der Waals surface area contributed by atoms with Crippen LogP contribution in [0.3, 0.4) is 0 Å². The van der Waals surface area contributed by atoms with E-state index >= 15 is 0 Å². The number of nitrogens with one attached hydrogen (secondary N) is 1. The largest absolute Gasteiger partial charge is 0.355 e. The third-order valence-electron chi connectivity index (χ3n) is 2.76. The van der Waals surface area contributed by atoms with Crippen molar-refractivity contribution in [2.45, 2.75) is 0 Å². The van der Waals surface area contributed by atoms with Crippen LogP contribution >= 0.6 is 0 Å². The highest BCUT2D eigenvalue weighted by molar-refractivity contribution is 5.92. The topological polar surface area (TPSA) is 24.9 Å². The Morgan fingerprint density at radius 1 is 0.944 bits per heavy atom. The van der Waals surface area contributed by atoms with E-state index in [0.29, 0.717) is 0 Å². The molecule has 18 heavy (non-hydrogen) atoms. The summed E-state index contributed by atoms with van der Waals surface area (Å²) in [4.78, 5) is 4.22. The van der Waals surface area contributed by atoms with Crippen LogP contribution in [0.1, 0.15) is 0 Å². The van der Waals surface area contributed by atoms with Gasteiger partial charge in [0.1, 0.15) is 5.82 Å². The highest BCUT2D eigenvalue weighted by atomic mass is 19.1. The van der Waals surface area contributed by atoms with Crippen LogP contribution < -0.4 is 5.32 Å². The van der Waals surface area contributed by atoms with Gasteiger partial charge in [0.25, 0.3) is 0 Å². The molecule has 0 saturated carbocycles. The molecule has 0 spiro atoms. The molecule has 0 atom stereocenters. The van der Waals surface area contributed by atoms with Gasteiger partial charge in [-0.1, -0.05) is 18.2 Å². The molecule has 88 valence electrons. The molecule has 0 fully saturated rings. The average molecular weight is 238 g/mol. The van der Waals surface area contributed by atoms with Gasteiger partial charge in [0.15, 0.2) is 0 Å². The Morgan fingerprint density at radius 2 is 1.78 bits per heavy atom. The van der Waals surface area contributed by atoms with E-state index in [9.17, 15) is 4.39 Å². The van der Waals surface area contributed by atoms with E-state index in [1.54, 1.807) is 12.3 Å². The summed E-state index contributed by atoms with van der Waals surface area (Å²) < 4.78 is 13.3.